The molecule has 110 valence electrons. The molecule has 20 heavy (non-hydrogen) atoms. The topological polar surface area (TPSA) is 44.4 Å². The van der Waals surface area contributed by atoms with Gasteiger partial charge in [0.1, 0.15) is 0 Å². The fourth-order valence-electron chi connectivity index (χ4n) is 2.84. The minimum absolute atomic E-state index is 0.0644. The summed E-state index contributed by atoms with van der Waals surface area (Å²) in [5, 5.41) is 6.36. The highest BCUT2D eigenvalue weighted by Gasteiger charge is 2.23. The van der Waals surface area contributed by atoms with Crippen molar-refractivity contribution in [1.29, 1.82) is 0 Å². The molecule has 1 atom stereocenters. The summed E-state index contributed by atoms with van der Waals surface area (Å²) in [6, 6.07) is 6.94. The van der Waals surface area contributed by atoms with E-state index in [1.54, 1.807) is 6.92 Å². The predicted octanol–water partition coefficient (Wildman–Crippen LogP) is 1.82. The molecule has 1 unspecified atom stereocenters. The van der Waals surface area contributed by atoms with E-state index in [1.807, 2.05) is 0 Å². The molecule has 1 aliphatic heterocycles. The van der Waals surface area contributed by atoms with E-state index >= 15 is 0 Å². The molecule has 2 rings (SSSR count). The molecular formula is C16H25N3O. The second-order valence-electron chi connectivity index (χ2n) is 5.53. The SMILES string of the molecule is CCNCc1ccc(N2CCC(NC(C)=O)C2)c(C)c1. The van der Waals surface area contributed by atoms with Crippen molar-refractivity contribution in [2.24, 2.45) is 0 Å². The maximum Gasteiger partial charge on any atom is 0.217 e. The van der Waals surface area contributed by atoms with Crippen LogP contribution < -0.4 is 15.5 Å². The lowest BCUT2D eigenvalue weighted by Gasteiger charge is -2.21. The number of rotatable bonds is 5. The molecule has 1 saturated heterocycles. The van der Waals surface area contributed by atoms with Gasteiger partial charge in [0, 0.05) is 38.3 Å². The van der Waals surface area contributed by atoms with E-state index in [0.29, 0.717) is 0 Å². The normalized spacial score (nSPS) is 18.4. The summed E-state index contributed by atoms with van der Waals surface area (Å²) in [5.41, 5.74) is 3.92. The number of nitrogens with zero attached hydrogens (tertiary/aromatic N) is 1. The Morgan fingerprint density at radius 2 is 2.25 bits per heavy atom. The highest BCUT2D eigenvalue weighted by molar-refractivity contribution is 5.73. The minimum atomic E-state index is 0.0644. The zero-order chi connectivity index (χ0) is 14.5. The standard InChI is InChI=1S/C16H25N3O/c1-4-17-10-14-5-6-16(12(2)9-14)19-8-7-15(11-19)18-13(3)20/h5-6,9,15,17H,4,7-8,10-11H2,1-3H3,(H,18,20). The number of hydrogen-bond acceptors (Lipinski definition) is 3. The van der Waals surface area contributed by atoms with Gasteiger partial charge in [0.25, 0.3) is 0 Å². The van der Waals surface area contributed by atoms with E-state index in [2.05, 4.69) is 47.6 Å². The third-order valence-corrected chi connectivity index (χ3v) is 3.78. The van der Waals surface area contributed by atoms with E-state index in [4.69, 9.17) is 0 Å². The molecule has 0 bridgehead atoms. The smallest absolute Gasteiger partial charge is 0.217 e. The van der Waals surface area contributed by atoms with Crippen molar-refractivity contribution in [1.82, 2.24) is 10.6 Å². The Bertz CT molecular complexity index is 473. The Morgan fingerprint density at radius 1 is 1.45 bits per heavy atom. The molecule has 1 amide bonds. The minimum Gasteiger partial charge on any atom is -0.369 e. The van der Waals surface area contributed by atoms with Crippen molar-refractivity contribution in [3.8, 4) is 0 Å². The zero-order valence-corrected chi connectivity index (χ0v) is 12.7. The van der Waals surface area contributed by atoms with E-state index in [9.17, 15) is 4.79 Å². The van der Waals surface area contributed by atoms with Crippen molar-refractivity contribution in [2.75, 3.05) is 24.5 Å². The number of benzene rings is 1. The quantitative estimate of drug-likeness (QED) is 0.861. The Balaban J connectivity index is 2.01. The first kappa shape index (κ1) is 14.9. The second kappa shape index (κ2) is 6.75. The lowest BCUT2D eigenvalue weighted by atomic mass is 10.1. The Morgan fingerprint density at radius 3 is 2.90 bits per heavy atom. The average molecular weight is 275 g/mol. The van der Waals surface area contributed by atoms with Crippen LogP contribution in [0.1, 0.15) is 31.4 Å². The number of hydrogen-bond donors (Lipinski definition) is 2. The number of amides is 1. The monoisotopic (exact) mass is 275 g/mol. The molecule has 0 saturated carbocycles. The van der Waals surface area contributed by atoms with E-state index in [1.165, 1.54) is 16.8 Å². The summed E-state index contributed by atoms with van der Waals surface area (Å²) in [6.45, 7) is 9.70. The summed E-state index contributed by atoms with van der Waals surface area (Å²) in [5.74, 6) is 0.0644. The van der Waals surface area contributed by atoms with Gasteiger partial charge < -0.3 is 15.5 Å². The Kier molecular flexibility index (Phi) is 5.01. The average Bonchev–Trinajstić information content (AvgIpc) is 2.83. The molecule has 1 fully saturated rings. The first-order valence-electron chi connectivity index (χ1n) is 7.42. The van der Waals surface area contributed by atoms with Gasteiger partial charge >= 0.3 is 0 Å². The highest BCUT2D eigenvalue weighted by Crippen LogP contribution is 2.25. The lowest BCUT2D eigenvalue weighted by Crippen LogP contribution is -2.35. The van der Waals surface area contributed by atoms with Gasteiger partial charge in [0.2, 0.25) is 5.91 Å². The number of anilines is 1. The second-order valence-corrected chi connectivity index (χ2v) is 5.53. The van der Waals surface area contributed by atoms with Gasteiger partial charge in [0.05, 0.1) is 0 Å². The molecule has 0 radical (unpaired) electrons. The number of aryl methyl sites for hydroxylation is 1. The van der Waals surface area contributed by atoms with E-state index in [-0.39, 0.29) is 11.9 Å². The fourth-order valence-corrected chi connectivity index (χ4v) is 2.84. The largest absolute Gasteiger partial charge is 0.369 e. The van der Waals surface area contributed by atoms with Gasteiger partial charge in [-0.05, 0) is 37.1 Å². The first-order chi connectivity index (χ1) is 9.60. The molecule has 4 nitrogen and oxygen atoms in total. The van der Waals surface area contributed by atoms with Crippen LogP contribution >= 0.6 is 0 Å². The van der Waals surface area contributed by atoms with Crippen molar-refractivity contribution in [2.45, 2.75) is 39.8 Å². The number of carbonyl (C=O) groups excluding carboxylic acids is 1. The maximum atomic E-state index is 11.1. The van der Waals surface area contributed by atoms with Crippen molar-refractivity contribution in [3.05, 3.63) is 29.3 Å². The van der Waals surface area contributed by atoms with E-state index in [0.717, 1.165) is 32.6 Å². The van der Waals surface area contributed by atoms with Gasteiger partial charge in [0.15, 0.2) is 0 Å². The van der Waals surface area contributed by atoms with Crippen LogP contribution in [0.5, 0.6) is 0 Å². The molecule has 1 aromatic rings. The molecule has 0 aromatic heterocycles. The highest BCUT2D eigenvalue weighted by atomic mass is 16.1. The van der Waals surface area contributed by atoms with Gasteiger partial charge in [-0.2, -0.15) is 0 Å². The van der Waals surface area contributed by atoms with Gasteiger partial charge in [-0.25, -0.2) is 0 Å². The summed E-state index contributed by atoms with van der Waals surface area (Å²) in [4.78, 5) is 13.5. The van der Waals surface area contributed by atoms with Crippen LogP contribution in [0, 0.1) is 6.92 Å². The van der Waals surface area contributed by atoms with Crippen LogP contribution in [0.4, 0.5) is 5.69 Å². The van der Waals surface area contributed by atoms with Gasteiger partial charge in [-0.1, -0.05) is 19.1 Å². The number of carbonyl (C=O) groups is 1. The van der Waals surface area contributed by atoms with Crippen molar-refractivity contribution < 1.29 is 4.79 Å². The Hall–Kier alpha value is -1.55. The first-order valence-corrected chi connectivity index (χ1v) is 7.42. The molecule has 4 heteroatoms. The maximum absolute atomic E-state index is 11.1. The molecular weight excluding hydrogens is 250 g/mol. The van der Waals surface area contributed by atoms with Crippen LogP contribution in [-0.2, 0) is 11.3 Å². The van der Waals surface area contributed by atoms with E-state index < -0.39 is 0 Å². The van der Waals surface area contributed by atoms with Crippen LogP contribution in [-0.4, -0.2) is 31.6 Å². The zero-order valence-electron chi connectivity index (χ0n) is 12.7. The predicted molar refractivity (Wildman–Crippen MR) is 83.0 cm³/mol. The van der Waals surface area contributed by atoms with Crippen LogP contribution in [0.15, 0.2) is 18.2 Å². The van der Waals surface area contributed by atoms with Gasteiger partial charge in [-0.3, -0.25) is 4.79 Å². The summed E-state index contributed by atoms with van der Waals surface area (Å²) in [6.07, 6.45) is 1.03. The Labute approximate surface area is 121 Å². The van der Waals surface area contributed by atoms with Crippen LogP contribution in [0.3, 0.4) is 0 Å². The van der Waals surface area contributed by atoms with Crippen LogP contribution in [0.25, 0.3) is 0 Å². The molecule has 0 spiro atoms. The molecule has 1 aliphatic rings. The fraction of sp³-hybridized carbons (Fsp3) is 0.562. The summed E-state index contributed by atoms with van der Waals surface area (Å²) >= 11 is 0. The van der Waals surface area contributed by atoms with Crippen LogP contribution in [0.2, 0.25) is 0 Å². The van der Waals surface area contributed by atoms with Gasteiger partial charge in [-0.15, -0.1) is 0 Å². The molecule has 2 N–H and O–H groups in total. The van der Waals surface area contributed by atoms with Crippen molar-refractivity contribution in [3.63, 3.8) is 0 Å². The van der Waals surface area contributed by atoms with Crippen molar-refractivity contribution >= 4 is 11.6 Å². The third kappa shape index (κ3) is 3.73. The third-order valence-electron chi connectivity index (χ3n) is 3.78. The molecule has 0 aliphatic carbocycles. The summed E-state index contributed by atoms with van der Waals surface area (Å²) < 4.78 is 0. The number of nitrogens with one attached hydrogen (secondary N) is 2. The lowest BCUT2D eigenvalue weighted by molar-refractivity contribution is -0.119. The molecule has 1 heterocycles. The molecule has 1 aromatic carbocycles. The summed E-state index contributed by atoms with van der Waals surface area (Å²) in [7, 11) is 0.